The van der Waals surface area contributed by atoms with Crippen molar-refractivity contribution in [2.24, 2.45) is 11.8 Å². The lowest BCUT2D eigenvalue weighted by molar-refractivity contribution is 0.0686. The van der Waals surface area contributed by atoms with E-state index >= 15 is 0 Å². The standard InChI is InChI=1S/C9H20O2.2C7H6O2/c1-3-8(5-6-10)9(4-2)7-11;2*8-7(9)6-4-2-1-3-5-6/h8-11H,3-7H2,1-2H3;2*1-5H,(H,8,9). The summed E-state index contributed by atoms with van der Waals surface area (Å²) in [5, 5.41) is 34.5. The van der Waals surface area contributed by atoms with Crippen molar-refractivity contribution in [3.05, 3.63) is 71.8 Å². The summed E-state index contributed by atoms with van der Waals surface area (Å²) in [5.41, 5.74) is 0.662. The fourth-order valence-electron chi connectivity index (χ4n) is 2.71. The molecule has 29 heavy (non-hydrogen) atoms. The fraction of sp³-hybridized carbons (Fsp3) is 0.391. The summed E-state index contributed by atoms with van der Waals surface area (Å²) in [6.45, 7) is 4.70. The molecule has 2 rings (SSSR count). The fourth-order valence-corrected chi connectivity index (χ4v) is 2.71. The molecule has 0 saturated heterocycles. The highest BCUT2D eigenvalue weighted by atomic mass is 16.4. The Morgan fingerprint density at radius 1 is 0.724 bits per heavy atom. The van der Waals surface area contributed by atoms with Gasteiger partial charge >= 0.3 is 11.9 Å². The van der Waals surface area contributed by atoms with E-state index in [1.807, 2.05) is 0 Å². The molecule has 2 aromatic carbocycles. The molecular weight excluding hydrogens is 372 g/mol. The van der Waals surface area contributed by atoms with Crippen LogP contribution in [0, 0.1) is 11.8 Å². The molecule has 0 fully saturated rings. The summed E-state index contributed by atoms with van der Waals surface area (Å²) in [6.07, 6.45) is 2.89. The third-order valence-electron chi connectivity index (χ3n) is 4.49. The molecule has 2 unspecified atom stereocenters. The zero-order valence-electron chi connectivity index (χ0n) is 17.1. The average molecular weight is 405 g/mol. The van der Waals surface area contributed by atoms with Gasteiger partial charge in [0, 0.05) is 13.2 Å². The molecule has 6 nitrogen and oxygen atoms in total. The van der Waals surface area contributed by atoms with Crippen molar-refractivity contribution in [3.8, 4) is 0 Å². The quantitative estimate of drug-likeness (QED) is 0.525. The minimum Gasteiger partial charge on any atom is -0.478 e. The van der Waals surface area contributed by atoms with Crippen LogP contribution in [-0.2, 0) is 0 Å². The number of aliphatic hydroxyl groups is 2. The third kappa shape index (κ3) is 11.7. The number of carboxylic acids is 2. The van der Waals surface area contributed by atoms with Crippen molar-refractivity contribution in [2.45, 2.75) is 33.1 Å². The highest BCUT2D eigenvalue weighted by molar-refractivity contribution is 5.87. The molecule has 2 aromatic rings. The molecular formula is C23H32O6. The van der Waals surface area contributed by atoms with Crippen LogP contribution in [0.5, 0.6) is 0 Å². The smallest absolute Gasteiger partial charge is 0.335 e. The van der Waals surface area contributed by atoms with Crippen molar-refractivity contribution >= 4 is 11.9 Å². The molecule has 2 atom stereocenters. The minimum absolute atomic E-state index is 0.245. The molecule has 0 saturated carbocycles. The van der Waals surface area contributed by atoms with Gasteiger partial charge in [0.05, 0.1) is 11.1 Å². The molecule has 4 N–H and O–H groups in total. The van der Waals surface area contributed by atoms with E-state index in [0.29, 0.717) is 23.0 Å². The Labute approximate surface area is 172 Å². The monoisotopic (exact) mass is 404 g/mol. The third-order valence-corrected chi connectivity index (χ3v) is 4.49. The molecule has 0 aromatic heterocycles. The summed E-state index contributed by atoms with van der Waals surface area (Å²) in [6, 6.07) is 16.6. The van der Waals surface area contributed by atoms with Crippen LogP contribution in [-0.4, -0.2) is 45.6 Å². The lowest BCUT2D eigenvalue weighted by Gasteiger charge is -2.22. The van der Waals surface area contributed by atoms with E-state index in [2.05, 4.69) is 13.8 Å². The van der Waals surface area contributed by atoms with Gasteiger partial charge in [-0.25, -0.2) is 9.59 Å². The van der Waals surface area contributed by atoms with Crippen LogP contribution in [0.4, 0.5) is 0 Å². The molecule has 6 heteroatoms. The van der Waals surface area contributed by atoms with Crippen LogP contribution in [0.3, 0.4) is 0 Å². The molecule has 0 radical (unpaired) electrons. The first kappa shape index (κ1) is 26.3. The van der Waals surface area contributed by atoms with Gasteiger partial charge in [-0.05, 0) is 42.5 Å². The first-order valence-corrected chi connectivity index (χ1v) is 9.69. The summed E-state index contributed by atoms with van der Waals surface area (Å²) in [7, 11) is 0. The van der Waals surface area contributed by atoms with Gasteiger partial charge in [-0.2, -0.15) is 0 Å². The predicted octanol–water partition coefficient (Wildman–Crippen LogP) is 4.18. The molecule has 0 aliphatic rings. The van der Waals surface area contributed by atoms with E-state index in [-0.39, 0.29) is 13.2 Å². The van der Waals surface area contributed by atoms with Gasteiger partial charge in [0.15, 0.2) is 0 Å². The lowest BCUT2D eigenvalue weighted by Crippen LogP contribution is -2.18. The van der Waals surface area contributed by atoms with E-state index < -0.39 is 11.9 Å². The summed E-state index contributed by atoms with van der Waals surface area (Å²) in [5.74, 6) is -0.881. The number of hydrogen-bond donors (Lipinski definition) is 4. The number of carbonyl (C=O) groups is 2. The zero-order valence-corrected chi connectivity index (χ0v) is 17.1. The summed E-state index contributed by atoms with van der Waals surface area (Å²) < 4.78 is 0. The van der Waals surface area contributed by atoms with Gasteiger partial charge in [0.25, 0.3) is 0 Å². The summed E-state index contributed by atoms with van der Waals surface area (Å²) in [4.78, 5) is 20.4. The minimum atomic E-state index is -0.879. The molecule has 0 aliphatic carbocycles. The van der Waals surface area contributed by atoms with Gasteiger partial charge in [0.2, 0.25) is 0 Å². The topological polar surface area (TPSA) is 115 Å². The molecule has 0 aliphatic heterocycles. The number of rotatable bonds is 8. The Bertz CT molecular complexity index is 619. The van der Waals surface area contributed by atoms with Crippen LogP contribution in [0.2, 0.25) is 0 Å². The van der Waals surface area contributed by atoms with Crippen molar-refractivity contribution in [2.75, 3.05) is 13.2 Å². The molecule has 0 amide bonds. The molecule has 0 spiro atoms. The average Bonchev–Trinajstić information content (AvgIpc) is 2.76. The Hall–Kier alpha value is -2.70. The maximum atomic E-state index is 10.2. The highest BCUT2D eigenvalue weighted by Gasteiger charge is 2.16. The number of hydrogen-bond acceptors (Lipinski definition) is 4. The van der Waals surface area contributed by atoms with Crippen LogP contribution >= 0.6 is 0 Å². The lowest BCUT2D eigenvalue weighted by atomic mass is 9.86. The van der Waals surface area contributed by atoms with Gasteiger partial charge < -0.3 is 20.4 Å². The van der Waals surface area contributed by atoms with Gasteiger partial charge in [-0.1, -0.05) is 63.1 Å². The summed E-state index contributed by atoms with van der Waals surface area (Å²) >= 11 is 0. The van der Waals surface area contributed by atoms with E-state index in [9.17, 15) is 9.59 Å². The van der Waals surface area contributed by atoms with Crippen LogP contribution in [0.15, 0.2) is 60.7 Å². The first-order valence-electron chi connectivity index (χ1n) is 9.69. The predicted molar refractivity (Wildman–Crippen MR) is 113 cm³/mol. The van der Waals surface area contributed by atoms with Crippen molar-refractivity contribution in [3.63, 3.8) is 0 Å². The molecule has 160 valence electrons. The van der Waals surface area contributed by atoms with Crippen molar-refractivity contribution < 1.29 is 30.0 Å². The zero-order chi connectivity index (χ0) is 22.1. The maximum Gasteiger partial charge on any atom is 0.335 e. The second-order valence-corrected chi connectivity index (χ2v) is 6.37. The number of aromatic carboxylic acids is 2. The van der Waals surface area contributed by atoms with Crippen molar-refractivity contribution in [1.29, 1.82) is 0 Å². The highest BCUT2D eigenvalue weighted by Crippen LogP contribution is 2.21. The van der Waals surface area contributed by atoms with E-state index in [1.54, 1.807) is 60.7 Å². The number of aliphatic hydroxyl groups excluding tert-OH is 2. The second-order valence-electron chi connectivity index (χ2n) is 6.37. The maximum absolute atomic E-state index is 10.2. The number of benzene rings is 2. The largest absolute Gasteiger partial charge is 0.478 e. The van der Waals surface area contributed by atoms with E-state index in [1.165, 1.54) is 0 Å². The van der Waals surface area contributed by atoms with Crippen LogP contribution < -0.4 is 0 Å². The Morgan fingerprint density at radius 3 is 1.31 bits per heavy atom. The Kier molecular flexibility index (Phi) is 14.8. The second kappa shape index (κ2) is 16.3. The van der Waals surface area contributed by atoms with Gasteiger partial charge in [-0.3, -0.25) is 0 Å². The van der Waals surface area contributed by atoms with Crippen molar-refractivity contribution in [1.82, 2.24) is 0 Å². The van der Waals surface area contributed by atoms with E-state index in [0.717, 1.165) is 19.3 Å². The normalized spacial score (nSPS) is 11.7. The molecule has 0 bridgehead atoms. The van der Waals surface area contributed by atoms with Gasteiger partial charge in [0.1, 0.15) is 0 Å². The Balaban J connectivity index is 0.000000408. The van der Waals surface area contributed by atoms with Crippen LogP contribution in [0.25, 0.3) is 0 Å². The number of carboxylic acid groups (broad SMARTS) is 2. The van der Waals surface area contributed by atoms with Gasteiger partial charge in [-0.15, -0.1) is 0 Å². The molecule has 0 heterocycles. The van der Waals surface area contributed by atoms with E-state index in [4.69, 9.17) is 20.4 Å². The Morgan fingerprint density at radius 2 is 1.10 bits per heavy atom. The SMILES string of the molecule is CCC(CO)C(CC)CCO.O=C(O)c1ccccc1.O=C(O)c1ccccc1. The van der Waals surface area contributed by atoms with Crippen LogP contribution in [0.1, 0.15) is 53.8 Å². The first-order chi connectivity index (χ1) is 13.9.